The zero-order chi connectivity index (χ0) is 14.3. The number of para-hydroxylation sites is 1. The predicted molar refractivity (Wildman–Crippen MR) is 75.3 cm³/mol. The van der Waals surface area contributed by atoms with E-state index in [1.807, 2.05) is 24.3 Å². The normalized spacial score (nSPS) is 12.4. The molecule has 0 spiro atoms. The van der Waals surface area contributed by atoms with Crippen LogP contribution in [-0.4, -0.2) is 23.7 Å². The van der Waals surface area contributed by atoms with Gasteiger partial charge in [0.05, 0.1) is 0 Å². The molecule has 19 heavy (non-hydrogen) atoms. The van der Waals surface area contributed by atoms with Gasteiger partial charge in [-0.05, 0) is 24.9 Å². The van der Waals surface area contributed by atoms with E-state index in [1.165, 1.54) is 0 Å². The van der Waals surface area contributed by atoms with Crippen LogP contribution in [0.1, 0.15) is 32.8 Å². The summed E-state index contributed by atoms with van der Waals surface area (Å²) in [6.45, 7) is 7.70. The molecule has 1 aromatic rings. The molecule has 0 fully saturated rings. The van der Waals surface area contributed by atoms with Crippen molar-refractivity contribution in [2.45, 2.75) is 39.8 Å². The monoisotopic (exact) mass is 265 g/mol. The maximum absolute atomic E-state index is 11.0. The highest BCUT2D eigenvalue weighted by molar-refractivity contribution is 5.72. The lowest BCUT2D eigenvalue weighted by Crippen LogP contribution is -2.27. The first-order valence-electron chi connectivity index (χ1n) is 6.72. The Morgan fingerprint density at radius 2 is 2.05 bits per heavy atom. The minimum absolute atomic E-state index is 0.448. The molecule has 0 aliphatic heterocycles. The Balaban J connectivity index is 2.69. The van der Waals surface area contributed by atoms with E-state index < -0.39 is 12.1 Å². The van der Waals surface area contributed by atoms with Crippen LogP contribution in [0, 0.1) is 5.92 Å². The van der Waals surface area contributed by atoms with Crippen molar-refractivity contribution < 1.29 is 14.6 Å². The summed E-state index contributed by atoms with van der Waals surface area (Å²) in [4.78, 5) is 11.0. The Kier molecular flexibility index (Phi) is 6.36. The van der Waals surface area contributed by atoms with Gasteiger partial charge in [0.15, 0.2) is 6.10 Å². The molecular weight excluding hydrogens is 242 g/mol. The third kappa shape index (κ3) is 5.30. The Morgan fingerprint density at radius 3 is 2.63 bits per heavy atom. The van der Waals surface area contributed by atoms with E-state index in [1.54, 1.807) is 6.92 Å². The fraction of sp³-hybridized carbons (Fsp3) is 0.533. The van der Waals surface area contributed by atoms with Crippen molar-refractivity contribution in [3.05, 3.63) is 29.8 Å². The van der Waals surface area contributed by atoms with E-state index in [0.29, 0.717) is 24.6 Å². The van der Waals surface area contributed by atoms with Crippen LogP contribution in [0.2, 0.25) is 0 Å². The van der Waals surface area contributed by atoms with Crippen LogP contribution >= 0.6 is 0 Å². The van der Waals surface area contributed by atoms with Gasteiger partial charge in [-0.3, -0.25) is 0 Å². The summed E-state index contributed by atoms with van der Waals surface area (Å²) in [6, 6.07) is 7.56. The van der Waals surface area contributed by atoms with Crippen LogP contribution in [0.3, 0.4) is 0 Å². The third-order valence-corrected chi connectivity index (χ3v) is 2.76. The highest BCUT2D eigenvalue weighted by Gasteiger charge is 2.18. The topological polar surface area (TPSA) is 58.6 Å². The van der Waals surface area contributed by atoms with Gasteiger partial charge in [0.2, 0.25) is 0 Å². The molecular formula is C15H23NO3. The van der Waals surface area contributed by atoms with E-state index in [9.17, 15) is 4.79 Å². The van der Waals surface area contributed by atoms with Crippen molar-refractivity contribution in [2.75, 3.05) is 6.54 Å². The first-order valence-corrected chi connectivity index (χ1v) is 6.72. The minimum Gasteiger partial charge on any atom is -0.479 e. The molecule has 0 bridgehead atoms. The molecule has 106 valence electrons. The third-order valence-electron chi connectivity index (χ3n) is 2.76. The molecule has 4 nitrogen and oxygen atoms in total. The number of rotatable bonds is 8. The highest BCUT2D eigenvalue weighted by atomic mass is 16.5. The zero-order valence-electron chi connectivity index (χ0n) is 11.8. The smallest absolute Gasteiger partial charge is 0.344 e. The molecule has 0 aliphatic carbocycles. The number of aliphatic carboxylic acids is 1. The predicted octanol–water partition coefficient (Wildman–Crippen LogP) is 2.67. The Morgan fingerprint density at radius 1 is 1.37 bits per heavy atom. The number of hydrogen-bond acceptors (Lipinski definition) is 3. The number of carboxylic acids is 1. The molecule has 1 aromatic carbocycles. The first kappa shape index (κ1) is 15.5. The Bertz CT molecular complexity index is 404. The summed E-state index contributed by atoms with van der Waals surface area (Å²) in [5.74, 6) is 0.302. The summed E-state index contributed by atoms with van der Waals surface area (Å²) in [6.07, 6.45) is -0.338. The van der Waals surface area contributed by atoms with Gasteiger partial charge in [-0.15, -0.1) is 0 Å². The minimum atomic E-state index is -0.924. The molecule has 4 heteroatoms. The second-order valence-electron chi connectivity index (χ2n) is 4.99. The molecule has 0 amide bonds. The van der Waals surface area contributed by atoms with Gasteiger partial charge in [-0.2, -0.15) is 0 Å². The fourth-order valence-electron chi connectivity index (χ4n) is 1.72. The number of ether oxygens (including phenoxy) is 1. The summed E-state index contributed by atoms with van der Waals surface area (Å²) >= 11 is 0. The lowest BCUT2D eigenvalue weighted by atomic mass is 10.1. The maximum atomic E-state index is 11.0. The molecule has 0 radical (unpaired) electrons. The van der Waals surface area contributed by atoms with Crippen LogP contribution < -0.4 is 10.1 Å². The van der Waals surface area contributed by atoms with Crippen molar-refractivity contribution in [1.82, 2.24) is 5.32 Å². The number of benzene rings is 1. The molecule has 2 N–H and O–H groups in total. The van der Waals surface area contributed by atoms with Crippen LogP contribution in [0.5, 0.6) is 5.75 Å². The number of carbonyl (C=O) groups is 1. The highest BCUT2D eigenvalue weighted by Crippen LogP contribution is 2.20. The molecule has 0 saturated carbocycles. The molecule has 1 atom stereocenters. The standard InChI is InChI=1S/C15H23NO3/c1-4-13(15(17)18)19-14-8-6-5-7-12(14)10-16-9-11(2)3/h5-8,11,13,16H,4,9-10H2,1-3H3,(H,17,18). The Hall–Kier alpha value is -1.55. The number of carboxylic acid groups (broad SMARTS) is 1. The maximum Gasteiger partial charge on any atom is 0.344 e. The van der Waals surface area contributed by atoms with Gasteiger partial charge in [-0.25, -0.2) is 4.79 Å². The molecule has 0 aliphatic rings. The lowest BCUT2D eigenvalue weighted by molar-refractivity contribution is -0.145. The van der Waals surface area contributed by atoms with Crippen molar-refractivity contribution in [3.8, 4) is 5.75 Å². The summed E-state index contributed by atoms with van der Waals surface area (Å²) in [5, 5.41) is 12.4. The molecule has 0 heterocycles. The van der Waals surface area contributed by atoms with E-state index in [0.717, 1.165) is 12.1 Å². The SMILES string of the molecule is CCC(Oc1ccccc1CNCC(C)C)C(=O)O. The molecule has 1 rings (SSSR count). The van der Waals surface area contributed by atoms with Gasteiger partial charge in [-0.1, -0.05) is 39.0 Å². The van der Waals surface area contributed by atoms with Gasteiger partial charge in [0.25, 0.3) is 0 Å². The number of nitrogens with one attached hydrogen (secondary N) is 1. The average Bonchev–Trinajstić information content (AvgIpc) is 2.36. The van der Waals surface area contributed by atoms with E-state index >= 15 is 0 Å². The van der Waals surface area contributed by atoms with E-state index in [4.69, 9.17) is 9.84 Å². The average molecular weight is 265 g/mol. The second-order valence-corrected chi connectivity index (χ2v) is 4.99. The van der Waals surface area contributed by atoms with Crippen molar-refractivity contribution in [3.63, 3.8) is 0 Å². The molecule has 0 aromatic heterocycles. The van der Waals surface area contributed by atoms with Crippen molar-refractivity contribution >= 4 is 5.97 Å². The van der Waals surface area contributed by atoms with Crippen LogP contribution in [0.25, 0.3) is 0 Å². The zero-order valence-corrected chi connectivity index (χ0v) is 11.8. The van der Waals surface area contributed by atoms with Crippen molar-refractivity contribution in [2.24, 2.45) is 5.92 Å². The van der Waals surface area contributed by atoms with Gasteiger partial charge in [0.1, 0.15) is 5.75 Å². The molecule has 0 saturated heterocycles. The number of hydrogen-bond donors (Lipinski definition) is 2. The van der Waals surface area contributed by atoms with Gasteiger partial charge >= 0.3 is 5.97 Å². The summed E-state index contributed by atoms with van der Waals surface area (Å²) < 4.78 is 5.57. The lowest BCUT2D eigenvalue weighted by Gasteiger charge is -2.17. The fourth-order valence-corrected chi connectivity index (χ4v) is 1.72. The van der Waals surface area contributed by atoms with E-state index in [2.05, 4.69) is 19.2 Å². The van der Waals surface area contributed by atoms with Gasteiger partial charge in [0, 0.05) is 12.1 Å². The first-order chi connectivity index (χ1) is 9.04. The summed E-state index contributed by atoms with van der Waals surface area (Å²) in [7, 11) is 0. The largest absolute Gasteiger partial charge is 0.479 e. The van der Waals surface area contributed by atoms with Gasteiger partial charge < -0.3 is 15.2 Å². The van der Waals surface area contributed by atoms with Crippen molar-refractivity contribution in [1.29, 1.82) is 0 Å². The van der Waals surface area contributed by atoms with Crippen LogP contribution in [-0.2, 0) is 11.3 Å². The second kappa shape index (κ2) is 7.79. The van der Waals surface area contributed by atoms with Crippen LogP contribution in [0.15, 0.2) is 24.3 Å². The summed E-state index contributed by atoms with van der Waals surface area (Å²) in [5.41, 5.74) is 0.989. The Labute approximate surface area is 114 Å². The quantitative estimate of drug-likeness (QED) is 0.758. The molecule has 1 unspecified atom stereocenters. The van der Waals surface area contributed by atoms with E-state index in [-0.39, 0.29) is 0 Å². The van der Waals surface area contributed by atoms with Crippen LogP contribution in [0.4, 0.5) is 0 Å².